The van der Waals surface area contributed by atoms with Crippen molar-refractivity contribution in [3.8, 4) is 11.5 Å². The Morgan fingerprint density at radius 1 is 0.776 bits per heavy atom. The van der Waals surface area contributed by atoms with Gasteiger partial charge in [-0.1, -0.05) is 82.5 Å². The molecule has 284 valence electrons. The molecule has 49 heavy (non-hydrogen) atoms. The third kappa shape index (κ3) is 21.4. The highest BCUT2D eigenvalue weighted by atomic mass is 32.2. The van der Waals surface area contributed by atoms with Crippen LogP contribution in [0, 0.1) is 5.82 Å². The van der Waals surface area contributed by atoms with E-state index in [0.29, 0.717) is 18.4 Å². The molecule has 2 rings (SSSR count). The van der Waals surface area contributed by atoms with Crippen molar-refractivity contribution in [3.05, 3.63) is 58.9 Å². The molecule has 0 heterocycles. The van der Waals surface area contributed by atoms with E-state index in [9.17, 15) is 47.9 Å². The second-order valence-corrected chi connectivity index (χ2v) is 16.0. The van der Waals surface area contributed by atoms with Crippen molar-refractivity contribution >= 4 is 20.9 Å². The summed E-state index contributed by atoms with van der Waals surface area (Å²) in [5.41, 5.74) is 0.765. The number of benzene rings is 2. The Kier molecular flexibility index (Phi) is 22.0. The van der Waals surface area contributed by atoms with Gasteiger partial charge in [-0.05, 0) is 81.3 Å². The van der Waals surface area contributed by atoms with Crippen molar-refractivity contribution in [2.24, 2.45) is 0 Å². The molecule has 0 saturated heterocycles. The first-order valence-electron chi connectivity index (χ1n) is 16.2. The highest BCUT2D eigenvalue weighted by molar-refractivity contribution is 7.91. The zero-order valence-electron chi connectivity index (χ0n) is 29.0. The maximum atomic E-state index is 13.3. The Morgan fingerprint density at radius 2 is 1.24 bits per heavy atom. The van der Waals surface area contributed by atoms with E-state index < -0.39 is 50.6 Å². The maximum absolute atomic E-state index is 13.3. The predicted octanol–water partition coefficient (Wildman–Crippen LogP) is 10.2. The summed E-state index contributed by atoms with van der Waals surface area (Å²) < 4.78 is 139. The van der Waals surface area contributed by atoms with E-state index in [1.54, 1.807) is 27.7 Å². The number of methoxy groups -OCH3 is 1. The van der Waals surface area contributed by atoms with E-state index in [1.165, 1.54) is 25.3 Å². The number of unbranched alkanes of at least 4 members (excludes halogenated alkanes) is 7. The van der Waals surface area contributed by atoms with Gasteiger partial charge in [-0.3, -0.25) is 4.21 Å². The largest absolute Gasteiger partial charge is 0.772 e. The van der Waals surface area contributed by atoms with E-state index in [-0.39, 0.29) is 22.0 Å². The van der Waals surface area contributed by atoms with Gasteiger partial charge in [0.05, 0.1) is 23.7 Å². The minimum atomic E-state index is -4.92. The summed E-state index contributed by atoms with van der Waals surface area (Å²) in [6.45, 7) is 8.71. The van der Waals surface area contributed by atoms with E-state index in [4.69, 9.17) is 4.74 Å². The zero-order chi connectivity index (χ0) is 37.8. The first-order valence-corrected chi connectivity index (χ1v) is 19.1. The minimum Gasteiger partial charge on any atom is -0.772 e. The number of aryl methyl sites for hydroxylation is 2. The fourth-order valence-corrected chi connectivity index (χ4v) is 5.26. The molecule has 0 amide bonds. The van der Waals surface area contributed by atoms with Crippen LogP contribution < -0.4 is 9.47 Å². The van der Waals surface area contributed by atoms with Crippen LogP contribution >= 0.6 is 0 Å². The predicted molar refractivity (Wildman–Crippen MR) is 179 cm³/mol. The van der Waals surface area contributed by atoms with Crippen molar-refractivity contribution in [3.63, 3.8) is 0 Å². The summed E-state index contributed by atoms with van der Waals surface area (Å²) in [7, 11) is -1.73. The monoisotopic (exact) mass is 751 g/mol. The molecule has 2 aromatic carbocycles. The highest BCUT2D eigenvalue weighted by Crippen LogP contribution is 2.36. The van der Waals surface area contributed by atoms with E-state index in [1.807, 2.05) is 0 Å². The number of sulfone groups is 1. The second-order valence-electron chi connectivity index (χ2n) is 11.9. The molecule has 0 bridgehead atoms. The molecule has 0 N–H and O–H groups in total. The molecule has 0 radical (unpaired) electrons. The van der Waals surface area contributed by atoms with Gasteiger partial charge in [-0.2, -0.15) is 13.2 Å². The van der Waals surface area contributed by atoms with Gasteiger partial charge in [-0.25, -0.2) is 12.8 Å². The molecule has 0 aliphatic rings. The summed E-state index contributed by atoms with van der Waals surface area (Å²) in [6, 6.07) is 7.61. The number of alkyl halides is 6. The van der Waals surface area contributed by atoms with Gasteiger partial charge in [0.15, 0.2) is 21.4 Å². The lowest BCUT2D eigenvalue weighted by atomic mass is 10.0. The average Bonchev–Trinajstić information content (AvgIpc) is 2.99. The van der Waals surface area contributed by atoms with Crippen molar-refractivity contribution in [2.45, 2.75) is 128 Å². The highest BCUT2D eigenvalue weighted by Gasteiger charge is 2.34. The smallest absolute Gasteiger partial charge is 0.573 e. The van der Waals surface area contributed by atoms with Gasteiger partial charge in [0.25, 0.3) is 0 Å². The Hall–Kier alpha value is -2.39. The molecule has 1 unspecified atom stereocenters. The zero-order valence-corrected chi connectivity index (χ0v) is 30.6. The standard InChI is InChI=1S/C17H24F4O3S.C14H19F3O.C3H8O2S/c1-13(2)25(22,23)11-7-5-3-4-6-8-14-9-10-15(18)16(12-14)24-17(19,20)21;1-3-4-5-6-7-11-8-9-12(14(15,16)17)13(10-11)18-2;1-3(2)6(4)5/h9-10,12-13H,3-8,11H2,1-2H3;8-10H,3-7H2,1-2H3;3H,1-2H3,(H,4,5)/p-1. The molecule has 0 spiro atoms. The lowest BCUT2D eigenvalue weighted by Gasteiger charge is -2.13. The van der Waals surface area contributed by atoms with Crippen LogP contribution in [0.15, 0.2) is 36.4 Å². The van der Waals surface area contributed by atoms with Crippen LogP contribution in [0.1, 0.15) is 109 Å². The number of ether oxygens (including phenoxy) is 2. The fourth-order valence-electron chi connectivity index (χ4n) is 4.19. The molecule has 1 atom stereocenters. The molecule has 0 fully saturated rings. The van der Waals surface area contributed by atoms with Crippen LogP contribution in [-0.2, 0) is 39.9 Å². The van der Waals surface area contributed by atoms with Gasteiger partial charge in [0.1, 0.15) is 5.75 Å². The summed E-state index contributed by atoms with van der Waals surface area (Å²) >= 11 is -1.87. The summed E-state index contributed by atoms with van der Waals surface area (Å²) in [5, 5.41) is -0.593. The maximum Gasteiger partial charge on any atom is 0.573 e. The van der Waals surface area contributed by atoms with Crippen LogP contribution in [0.25, 0.3) is 0 Å². The van der Waals surface area contributed by atoms with Crippen LogP contribution in [0.3, 0.4) is 0 Å². The van der Waals surface area contributed by atoms with E-state index in [0.717, 1.165) is 81.5 Å². The van der Waals surface area contributed by atoms with Crippen LogP contribution in [0.4, 0.5) is 30.7 Å². The van der Waals surface area contributed by atoms with Gasteiger partial charge in [0, 0.05) is 5.25 Å². The van der Waals surface area contributed by atoms with Gasteiger partial charge < -0.3 is 14.0 Å². The molecular formula is C34H50F7O6S2-. The normalized spacial score (nSPS) is 12.6. The molecule has 0 aliphatic heterocycles. The first-order chi connectivity index (χ1) is 22.6. The van der Waals surface area contributed by atoms with Gasteiger partial charge in [0.2, 0.25) is 0 Å². The van der Waals surface area contributed by atoms with Gasteiger partial charge in [-0.15, -0.1) is 13.2 Å². The SMILES string of the molecule is CC(C)S(=O)(=O)CCCCCCCc1ccc(F)c(OC(F)(F)F)c1.CC(C)S(=O)[O-].CCCCCCc1ccc(C(F)(F)F)c(OC)c1. The van der Waals surface area contributed by atoms with Crippen molar-refractivity contribution in [1.29, 1.82) is 0 Å². The molecule has 2 aromatic rings. The fraction of sp³-hybridized carbons (Fsp3) is 0.647. The van der Waals surface area contributed by atoms with Crippen molar-refractivity contribution in [1.82, 2.24) is 0 Å². The lowest BCUT2D eigenvalue weighted by Crippen LogP contribution is -2.18. The van der Waals surface area contributed by atoms with Crippen molar-refractivity contribution in [2.75, 3.05) is 12.9 Å². The number of hydrogen-bond donors (Lipinski definition) is 0. The average molecular weight is 752 g/mol. The molecule has 0 aliphatic carbocycles. The molecule has 6 nitrogen and oxygen atoms in total. The minimum absolute atomic E-state index is 0.0875. The second kappa shape index (κ2) is 23.2. The van der Waals surface area contributed by atoms with Crippen LogP contribution in [0.2, 0.25) is 0 Å². The molecule has 0 saturated carbocycles. The van der Waals surface area contributed by atoms with Gasteiger partial charge >= 0.3 is 12.5 Å². The quantitative estimate of drug-likeness (QED) is 0.0908. The topological polar surface area (TPSA) is 92.7 Å². The molecular weight excluding hydrogens is 701 g/mol. The third-order valence-electron chi connectivity index (χ3n) is 7.11. The van der Waals surface area contributed by atoms with Crippen LogP contribution in [0.5, 0.6) is 11.5 Å². The number of rotatable bonds is 17. The molecule has 0 aromatic heterocycles. The van der Waals surface area contributed by atoms with E-state index in [2.05, 4.69) is 11.7 Å². The molecule has 15 heteroatoms. The summed E-state index contributed by atoms with van der Waals surface area (Å²) in [4.78, 5) is 0. The van der Waals surface area contributed by atoms with E-state index >= 15 is 0 Å². The number of hydrogen-bond acceptors (Lipinski definition) is 6. The summed E-state index contributed by atoms with van der Waals surface area (Å²) in [6.07, 6.45) is 0.271. The first kappa shape index (κ1) is 46.6. The Balaban J connectivity index is 0.000000835. The summed E-state index contributed by atoms with van der Waals surface area (Å²) in [5.74, 6) is -1.77. The Bertz CT molecular complexity index is 1350. The number of halogens is 7. The van der Waals surface area contributed by atoms with Crippen molar-refractivity contribution < 1.29 is 57.4 Å². The lowest BCUT2D eigenvalue weighted by molar-refractivity contribution is -0.275. The Morgan fingerprint density at radius 3 is 1.69 bits per heavy atom. The third-order valence-corrected chi connectivity index (χ3v) is 10.2. The Labute approximate surface area is 289 Å². The van der Waals surface area contributed by atoms with Crippen LogP contribution in [-0.4, -0.2) is 46.9 Å².